The lowest BCUT2D eigenvalue weighted by atomic mass is 9.69. The van der Waals surface area contributed by atoms with Gasteiger partial charge in [0, 0.05) is 83.5 Å². The van der Waals surface area contributed by atoms with Gasteiger partial charge in [0.25, 0.3) is 0 Å². The van der Waals surface area contributed by atoms with E-state index >= 15 is 0 Å². The van der Waals surface area contributed by atoms with Gasteiger partial charge < -0.3 is 25.3 Å². The quantitative estimate of drug-likeness (QED) is 0.290. The van der Waals surface area contributed by atoms with Crippen LogP contribution in [0, 0.1) is 23.3 Å². The highest BCUT2D eigenvalue weighted by Crippen LogP contribution is 2.41. The van der Waals surface area contributed by atoms with E-state index in [1.807, 2.05) is 25.8 Å². The monoisotopic (exact) mass is 850 g/mol. The number of nitrogens with one attached hydrogen (secondary N) is 2. The number of piperidine rings is 2. The molecule has 59 heavy (non-hydrogen) atoms. The van der Waals surface area contributed by atoms with Crippen molar-refractivity contribution in [2.45, 2.75) is 133 Å². The van der Waals surface area contributed by atoms with Crippen LogP contribution in [0.1, 0.15) is 109 Å². The number of rotatable bonds is 7. The number of halogens is 4. The van der Waals surface area contributed by atoms with Crippen molar-refractivity contribution in [2.24, 2.45) is 0 Å². The maximum absolute atomic E-state index is 13.6. The predicted octanol–water partition coefficient (Wildman–Crippen LogP) is 7.05. The van der Waals surface area contributed by atoms with Crippen LogP contribution in [0.25, 0.3) is 0 Å². The lowest BCUT2D eigenvalue weighted by Crippen LogP contribution is -2.52. The Kier molecular flexibility index (Phi) is 15.0. The van der Waals surface area contributed by atoms with E-state index in [1.165, 1.54) is 34.8 Å². The summed E-state index contributed by atoms with van der Waals surface area (Å²) in [6.07, 6.45) is 10.0. The molecule has 4 fully saturated rings. The van der Waals surface area contributed by atoms with Gasteiger partial charge in [-0.25, -0.2) is 39.9 Å². The van der Waals surface area contributed by atoms with Crippen molar-refractivity contribution >= 4 is 28.0 Å². The van der Waals surface area contributed by atoms with Crippen LogP contribution in [0.4, 0.5) is 27.2 Å². The number of nitrogens with zero attached hydrogens (tertiary/aromatic N) is 4. The molecule has 0 bridgehead atoms. The number of sulfonamides is 1. The third-order valence-corrected chi connectivity index (χ3v) is 14.8. The first-order valence-electron chi connectivity index (χ1n) is 20.9. The number of carbonyl (C=O) groups is 3. The van der Waals surface area contributed by atoms with Gasteiger partial charge in [0.2, 0.25) is 15.9 Å². The van der Waals surface area contributed by atoms with Crippen molar-refractivity contribution in [3.8, 4) is 0 Å². The molecule has 328 valence electrons. The van der Waals surface area contributed by atoms with E-state index in [1.54, 1.807) is 23.8 Å². The number of carbonyl (C=O) groups excluding carboxylic acids is 3. The molecule has 16 heteroatoms. The van der Waals surface area contributed by atoms with Crippen LogP contribution in [0.2, 0.25) is 0 Å². The van der Waals surface area contributed by atoms with Gasteiger partial charge in [-0.2, -0.15) is 0 Å². The molecule has 2 N–H and O–H groups in total. The fraction of sp³-hybridized carbons (Fsp3) is 0.651. The summed E-state index contributed by atoms with van der Waals surface area (Å²) in [5, 5.41) is 6.20. The van der Waals surface area contributed by atoms with E-state index in [9.17, 15) is 40.4 Å². The van der Waals surface area contributed by atoms with E-state index in [0.717, 1.165) is 76.3 Å². The highest BCUT2D eigenvalue weighted by Gasteiger charge is 2.37. The van der Waals surface area contributed by atoms with Crippen LogP contribution in [0.3, 0.4) is 0 Å². The topological polar surface area (TPSA) is 122 Å². The maximum atomic E-state index is 13.6. The Morgan fingerprint density at radius 1 is 0.610 bits per heavy atom. The van der Waals surface area contributed by atoms with E-state index in [2.05, 4.69) is 10.6 Å². The minimum absolute atomic E-state index is 0.00660. The van der Waals surface area contributed by atoms with Crippen LogP contribution in [0.5, 0.6) is 0 Å². The van der Waals surface area contributed by atoms with Crippen LogP contribution >= 0.6 is 0 Å². The van der Waals surface area contributed by atoms with Crippen molar-refractivity contribution in [1.29, 1.82) is 0 Å². The molecule has 2 aliphatic heterocycles. The molecule has 2 aromatic rings. The first-order chi connectivity index (χ1) is 27.7. The average Bonchev–Trinajstić information content (AvgIpc) is 3.18. The summed E-state index contributed by atoms with van der Waals surface area (Å²) in [5.41, 5.74) is 0.762. The number of hydrogen-bond donors (Lipinski definition) is 2. The summed E-state index contributed by atoms with van der Waals surface area (Å²) < 4.78 is 79.2. The number of hydrogen-bond acceptors (Lipinski definition) is 5. The van der Waals surface area contributed by atoms with Crippen LogP contribution in [-0.2, 0) is 25.6 Å². The van der Waals surface area contributed by atoms with E-state index < -0.39 is 33.3 Å². The summed E-state index contributed by atoms with van der Waals surface area (Å²) in [7, 11) is 0.370. The standard InChI is InChI=1S/C22H31F2N3O2.C21H31F2N3O3S/c1-15(28)27-10-6-20(7-11-27)26(3)21(29)25-19-4-8-22(2,9-5-19)16-12-17(23)14-18(24)13-16;1-21(15-12-16(22)14-17(23)13-15)8-4-18(5-9-21)24-20(27)25(2)19-6-10-26(11-7-19)30(3,28)29/h12-14,19-20H,4-11H2,1-3H3,(H,25,29);12-14,18-19H,4-11H2,1-3H3,(H,24,27). The van der Waals surface area contributed by atoms with Gasteiger partial charge >= 0.3 is 12.1 Å². The second-order valence-corrected chi connectivity index (χ2v) is 19.7. The molecule has 2 saturated carbocycles. The summed E-state index contributed by atoms with van der Waals surface area (Å²) in [6.45, 7) is 7.84. The van der Waals surface area contributed by atoms with Gasteiger partial charge in [0.15, 0.2) is 0 Å². The molecule has 11 nitrogen and oxygen atoms in total. The number of urea groups is 2. The summed E-state index contributed by atoms with van der Waals surface area (Å²) in [6, 6.07) is 7.40. The van der Waals surface area contributed by atoms with E-state index in [-0.39, 0.29) is 53.0 Å². The molecule has 0 unspecified atom stereocenters. The van der Waals surface area contributed by atoms with Gasteiger partial charge in [0.1, 0.15) is 23.3 Å². The number of likely N-dealkylation sites (tertiary alicyclic amines) is 1. The molecular formula is C43H62F4N6O5S. The smallest absolute Gasteiger partial charge is 0.317 e. The lowest BCUT2D eigenvalue weighted by molar-refractivity contribution is -0.130. The average molecular weight is 851 g/mol. The molecule has 2 aromatic carbocycles. The Morgan fingerprint density at radius 2 is 0.932 bits per heavy atom. The molecule has 6 rings (SSSR count). The minimum atomic E-state index is -3.19. The van der Waals surface area contributed by atoms with Crippen LogP contribution in [0.15, 0.2) is 36.4 Å². The zero-order valence-corrected chi connectivity index (χ0v) is 36.2. The normalized spacial score (nSPS) is 26.0. The van der Waals surface area contributed by atoms with Gasteiger partial charge in [-0.15, -0.1) is 0 Å². The van der Waals surface area contributed by atoms with Gasteiger partial charge in [0.05, 0.1) is 6.26 Å². The Bertz CT molecular complexity index is 1860. The largest absolute Gasteiger partial charge is 0.343 e. The summed E-state index contributed by atoms with van der Waals surface area (Å²) >= 11 is 0. The molecular weight excluding hydrogens is 789 g/mol. The highest BCUT2D eigenvalue weighted by molar-refractivity contribution is 7.88. The molecule has 0 radical (unpaired) electrons. The summed E-state index contributed by atoms with van der Waals surface area (Å²) in [4.78, 5) is 42.1. The molecule has 4 aliphatic rings. The molecule has 0 atom stereocenters. The third kappa shape index (κ3) is 12.1. The zero-order valence-electron chi connectivity index (χ0n) is 35.3. The number of amides is 5. The van der Waals surface area contributed by atoms with E-state index in [0.29, 0.717) is 50.1 Å². The third-order valence-electron chi connectivity index (χ3n) is 13.5. The maximum Gasteiger partial charge on any atom is 0.317 e. The predicted molar refractivity (Wildman–Crippen MR) is 219 cm³/mol. The Balaban J connectivity index is 0.000000224. The van der Waals surface area contributed by atoms with Gasteiger partial charge in [-0.1, -0.05) is 13.8 Å². The zero-order chi connectivity index (χ0) is 43.3. The van der Waals surface area contributed by atoms with Gasteiger partial charge in [-0.05, 0) is 123 Å². The van der Waals surface area contributed by atoms with Crippen molar-refractivity contribution in [3.63, 3.8) is 0 Å². The SMILES string of the molecule is CC(=O)N1CCC(N(C)C(=O)NC2CCC(C)(c3cc(F)cc(F)c3)CC2)CC1.CN(C(=O)NC1CCC(C)(c2cc(F)cc(F)c2)CC1)C1CCN(S(C)(=O)=O)CC1. The fourth-order valence-electron chi connectivity index (χ4n) is 9.19. The molecule has 5 amide bonds. The first-order valence-corrected chi connectivity index (χ1v) is 22.7. The Morgan fingerprint density at radius 3 is 1.24 bits per heavy atom. The second-order valence-electron chi connectivity index (χ2n) is 17.7. The van der Waals surface area contributed by atoms with E-state index in [4.69, 9.17) is 0 Å². The van der Waals surface area contributed by atoms with Crippen molar-refractivity contribution < 1.29 is 40.4 Å². The minimum Gasteiger partial charge on any atom is -0.343 e. The van der Waals surface area contributed by atoms with Crippen LogP contribution in [-0.4, -0.2) is 116 Å². The molecule has 2 aliphatic carbocycles. The molecule has 2 saturated heterocycles. The van der Waals surface area contributed by atoms with Crippen molar-refractivity contribution in [2.75, 3.05) is 46.5 Å². The Hall–Kier alpha value is -3.92. The van der Waals surface area contributed by atoms with Crippen LogP contribution < -0.4 is 10.6 Å². The fourth-order valence-corrected chi connectivity index (χ4v) is 10.1. The van der Waals surface area contributed by atoms with Crippen molar-refractivity contribution in [3.05, 3.63) is 70.8 Å². The second kappa shape index (κ2) is 19.2. The molecule has 0 aromatic heterocycles. The van der Waals surface area contributed by atoms with Gasteiger partial charge in [-0.3, -0.25) is 4.79 Å². The molecule has 0 spiro atoms. The Labute approximate surface area is 347 Å². The summed E-state index contributed by atoms with van der Waals surface area (Å²) in [5.74, 6) is -2.14. The lowest BCUT2D eigenvalue weighted by Gasteiger charge is -2.40. The van der Waals surface area contributed by atoms with Crippen molar-refractivity contribution in [1.82, 2.24) is 29.6 Å². The first kappa shape index (κ1) is 46.2. The number of benzene rings is 2. The highest BCUT2D eigenvalue weighted by atomic mass is 32.2. The molecule has 2 heterocycles.